The third kappa shape index (κ3) is 6.43. The zero-order valence-electron chi connectivity index (χ0n) is 18.5. The number of rotatable bonds is 8. The summed E-state index contributed by atoms with van der Waals surface area (Å²) in [7, 11) is 2.63. The van der Waals surface area contributed by atoms with Crippen molar-refractivity contribution in [3.63, 3.8) is 0 Å². The highest BCUT2D eigenvalue weighted by Crippen LogP contribution is 2.22. The SMILES string of the molecule is COC(=O)CC(NC1CCN(c2ccc(CC(=O)N3CCCC3)cc2)CC1)C(=O)OC. The highest BCUT2D eigenvalue weighted by Gasteiger charge is 2.28. The minimum Gasteiger partial charge on any atom is -0.469 e. The summed E-state index contributed by atoms with van der Waals surface area (Å²) in [5.74, 6) is -0.681. The lowest BCUT2D eigenvalue weighted by Crippen LogP contribution is -2.50. The molecule has 1 aromatic rings. The van der Waals surface area contributed by atoms with Gasteiger partial charge in [-0.1, -0.05) is 12.1 Å². The molecular formula is C23H33N3O5. The van der Waals surface area contributed by atoms with E-state index in [-0.39, 0.29) is 18.4 Å². The Morgan fingerprint density at radius 1 is 1.00 bits per heavy atom. The molecule has 170 valence electrons. The van der Waals surface area contributed by atoms with E-state index in [0.29, 0.717) is 6.42 Å². The number of nitrogens with one attached hydrogen (secondary N) is 1. The van der Waals surface area contributed by atoms with Gasteiger partial charge in [0.05, 0.1) is 27.1 Å². The first-order chi connectivity index (χ1) is 15.0. The van der Waals surface area contributed by atoms with Crippen molar-refractivity contribution in [1.82, 2.24) is 10.2 Å². The topological polar surface area (TPSA) is 88.2 Å². The Morgan fingerprint density at radius 2 is 1.65 bits per heavy atom. The summed E-state index contributed by atoms with van der Waals surface area (Å²) in [4.78, 5) is 40.2. The van der Waals surface area contributed by atoms with Crippen molar-refractivity contribution in [2.45, 2.75) is 50.6 Å². The van der Waals surface area contributed by atoms with Gasteiger partial charge >= 0.3 is 11.9 Å². The Morgan fingerprint density at radius 3 is 2.23 bits per heavy atom. The molecule has 0 aliphatic carbocycles. The molecule has 2 heterocycles. The molecule has 0 saturated carbocycles. The van der Waals surface area contributed by atoms with Crippen molar-refractivity contribution < 1.29 is 23.9 Å². The van der Waals surface area contributed by atoms with E-state index in [4.69, 9.17) is 4.74 Å². The van der Waals surface area contributed by atoms with E-state index >= 15 is 0 Å². The smallest absolute Gasteiger partial charge is 0.323 e. The van der Waals surface area contributed by atoms with Crippen molar-refractivity contribution >= 4 is 23.5 Å². The second-order valence-corrected chi connectivity index (χ2v) is 8.22. The molecule has 2 saturated heterocycles. The molecule has 1 amide bonds. The van der Waals surface area contributed by atoms with Gasteiger partial charge in [-0.3, -0.25) is 14.4 Å². The molecule has 0 bridgehead atoms. The molecule has 1 aromatic carbocycles. The van der Waals surface area contributed by atoms with Gasteiger partial charge in [-0.2, -0.15) is 0 Å². The molecule has 0 radical (unpaired) electrons. The van der Waals surface area contributed by atoms with Gasteiger partial charge in [0.1, 0.15) is 6.04 Å². The molecule has 2 aliphatic heterocycles. The third-order valence-corrected chi connectivity index (χ3v) is 6.13. The number of carbonyl (C=O) groups is 3. The fourth-order valence-corrected chi connectivity index (χ4v) is 4.27. The standard InChI is InChI=1S/C23H33N3O5/c1-30-22(28)16-20(23(29)31-2)24-18-9-13-25(14-10-18)19-7-5-17(6-8-19)15-21(27)26-11-3-4-12-26/h5-8,18,20,24H,3-4,9-16H2,1-2H3. The van der Waals surface area contributed by atoms with E-state index in [1.54, 1.807) is 0 Å². The van der Waals surface area contributed by atoms with Gasteiger partial charge < -0.3 is 24.6 Å². The Hall–Kier alpha value is -2.61. The van der Waals surface area contributed by atoms with E-state index in [1.807, 2.05) is 17.0 Å². The van der Waals surface area contributed by atoms with E-state index in [0.717, 1.165) is 63.1 Å². The van der Waals surface area contributed by atoms with E-state index in [2.05, 4.69) is 27.1 Å². The molecule has 31 heavy (non-hydrogen) atoms. The van der Waals surface area contributed by atoms with Crippen LogP contribution in [0, 0.1) is 0 Å². The summed E-state index contributed by atoms with van der Waals surface area (Å²) >= 11 is 0. The minimum absolute atomic E-state index is 0.0407. The second kappa shape index (κ2) is 11.1. The molecule has 2 fully saturated rings. The zero-order valence-corrected chi connectivity index (χ0v) is 18.5. The second-order valence-electron chi connectivity index (χ2n) is 8.22. The predicted molar refractivity (Wildman–Crippen MR) is 117 cm³/mol. The number of amides is 1. The van der Waals surface area contributed by atoms with E-state index in [1.165, 1.54) is 14.2 Å². The van der Waals surface area contributed by atoms with Crippen LogP contribution < -0.4 is 10.2 Å². The van der Waals surface area contributed by atoms with E-state index < -0.39 is 18.0 Å². The predicted octanol–water partition coefficient (Wildman–Crippen LogP) is 1.51. The number of benzene rings is 1. The molecule has 0 spiro atoms. The monoisotopic (exact) mass is 431 g/mol. The maximum atomic E-state index is 12.3. The van der Waals surface area contributed by atoms with Gasteiger partial charge in [0.2, 0.25) is 5.91 Å². The van der Waals surface area contributed by atoms with Crippen molar-refractivity contribution in [3.05, 3.63) is 29.8 Å². The molecule has 2 aliphatic rings. The lowest BCUT2D eigenvalue weighted by Gasteiger charge is -2.35. The molecule has 8 nitrogen and oxygen atoms in total. The molecule has 0 aromatic heterocycles. The van der Waals surface area contributed by atoms with Gasteiger partial charge in [0.25, 0.3) is 0 Å². The maximum absolute atomic E-state index is 12.3. The number of methoxy groups -OCH3 is 2. The molecular weight excluding hydrogens is 398 g/mol. The van der Waals surface area contributed by atoms with E-state index in [9.17, 15) is 14.4 Å². The average Bonchev–Trinajstić information content (AvgIpc) is 3.34. The van der Waals surface area contributed by atoms with Gasteiger partial charge in [0.15, 0.2) is 0 Å². The van der Waals surface area contributed by atoms with Crippen LogP contribution in [0.3, 0.4) is 0 Å². The number of likely N-dealkylation sites (tertiary alicyclic amines) is 1. The fraction of sp³-hybridized carbons (Fsp3) is 0.609. The minimum atomic E-state index is -0.693. The summed E-state index contributed by atoms with van der Waals surface area (Å²) in [6.45, 7) is 3.46. The highest BCUT2D eigenvalue weighted by molar-refractivity contribution is 5.82. The van der Waals surface area contributed by atoms with Crippen LogP contribution in [0.1, 0.15) is 37.7 Å². The Labute approximate surface area is 183 Å². The molecule has 1 atom stereocenters. The van der Waals surface area contributed by atoms with Gasteiger partial charge in [0, 0.05) is 37.9 Å². The van der Waals surface area contributed by atoms with Crippen LogP contribution in [0.25, 0.3) is 0 Å². The number of hydrogen-bond donors (Lipinski definition) is 1. The van der Waals surface area contributed by atoms with Crippen LogP contribution in [0.15, 0.2) is 24.3 Å². The highest BCUT2D eigenvalue weighted by atomic mass is 16.5. The van der Waals surface area contributed by atoms with Crippen LogP contribution in [0.2, 0.25) is 0 Å². The number of anilines is 1. The summed E-state index contributed by atoms with van der Waals surface area (Å²) in [5, 5.41) is 3.26. The fourth-order valence-electron chi connectivity index (χ4n) is 4.27. The molecule has 8 heteroatoms. The lowest BCUT2D eigenvalue weighted by atomic mass is 10.0. The number of piperidine rings is 1. The number of nitrogens with zero attached hydrogens (tertiary/aromatic N) is 2. The first-order valence-electron chi connectivity index (χ1n) is 11.0. The molecule has 1 N–H and O–H groups in total. The van der Waals surface area contributed by atoms with Gasteiger partial charge in [-0.05, 0) is 43.4 Å². The third-order valence-electron chi connectivity index (χ3n) is 6.13. The van der Waals surface area contributed by atoms with Crippen LogP contribution in [-0.4, -0.2) is 75.2 Å². The van der Waals surface area contributed by atoms with Crippen LogP contribution >= 0.6 is 0 Å². The van der Waals surface area contributed by atoms with Crippen molar-refractivity contribution in [2.24, 2.45) is 0 Å². The average molecular weight is 432 g/mol. The van der Waals surface area contributed by atoms with Crippen LogP contribution in [-0.2, 0) is 30.3 Å². The zero-order chi connectivity index (χ0) is 22.2. The summed E-state index contributed by atoms with van der Waals surface area (Å²) in [6, 6.07) is 7.67. The Kier molecular flexibility index (Phi) is 8.28. The largest absolute Gasteiger partial charge is 0.469 e. The van der Waals surface area contributed by atoms with Crippen LogP contribution in [0.4, 0.5) is 5.69 Å². The van der Waals surface area contributed by atoms with Crippen LogP contribution in [0.5, 0.6) is 0 Å². The first kappa shape index (κ1) is 23.1. The summed E-state index contributed by atoms with van der Waals surface area (Å²) < 4.78 is 9.50. The van der Waals surface area contributed by atoms with Crippen molar-refractivity contribution in [2.75, 3.05) is 45.3 Å². The maximum Gasteiger partial charge on any atom is 0.323 e. The summed E-state index contributed by atoms with van der Waals surface area (Å²) in [6.07, 6.45) is 4.34. The van der Waals surface area contributed by atoms with Crippen molar-refractivity contribution in [3.8, 4) is 0 Å². The Bertz CT molecular complexity index is 753. The molecule has 3 rings (SSSR count). The van der Waals surface area contributed by atoms with Gasteiger partial charge in [-0.25, -0.2) is 0 Å². The number of carbonyl (C=O) groups excluding carboxylic acids is 3. The Balaban J connectivity index is 1.48. The summed E-state index contributed by atoms with van der Waals surface area (Å²) in [5.41, 5.74) is 2.18. The normalized spacial score (nSPS) is 18.0. The molecule has 1 unspecified atom stereocenters. The quantitative estimate of drug-likeness (QED) is 0.624. The number of ether oxygens (including phenoxy) is 2. The number of esters is 2. The number of hydrogen-bond acceptors (Lipinski definition) is 7. The van der Waals surface area contributed by atoms with Crippen molar-refractivity contribution in [1.29, 1.82) is 0 Å². The lowest BCUT2D eigenvalue weighted by molar-refractivity contribution is -0.149. The first-order valence-corrected chi connectivity index (χ1v) is 11.0. The van der Waals surface area contributed by atoms with Gasteiger partial charge in [-0.15, -0.1) is 0 Å².